The quantitative estimate of drug-likeness (QED) is 0.645. The second-order valence-corrected chi connectivity index (χ2v) is 7.09. The Kier molecular flexibility index (Phi) is 7.68. The molecular weight excluding hydrogens is 335 g/mol. The van der Waals surface area contributed by atoms with Gasteiger partial charge in [-0.3, -0.25) is 0 Å². The van der Waals surface area contributed by atoms with Crippen molar-refractivity contribution in [3.8, 4) is 0 Å². The highest BCUT2D eigenvalue weighted by Crippen LogP contribution is 2.34. The molecule has 0 spiro atoms. The number of benzene rings is 1. The second kappa shape index (κ2) is 10.2. The molecule has 26 heavy (non-hydrogen) atoms. The van der Waals surface area contributed by atoms with Gasteiger partial charge in [0.15, 0.2) is 0 Å². The molecule has 0 bridgehead atoms. The van der Waals surface area contributed by atoms with Crippen LogP contribution in [0.3, 0.4) is 0 Å². The van der Waals surface area contributed by atoms with Crippen LogP contribution in [-0.4, -0.2) is 65.3 Å². The van der Waals surface area contributed by atoms with Crippen molar-refractivity contribution in [2.24, 2.45) is 5.92 Å². The van der Waals surface area contributed by atoms with E-state index in [0.717, 1.165) is 38.2 Å². The Morgan fingerprint density at radius 3 is 2.77 bits per heavy atom. The normalized spacial score (nSPS) is 25.5. The van der Waals surface area contributed by atoms with Crippen LogP contribution in [0.5, 0.6) is 0 Å². The van der Waals surface area contributed by atoms with Gasteiger partial charge in [0.1, 0.15) is 5.82 Å². The number of fused-ring (bicyclic) bond motifs is 1. The van der Waals surface area contributed by atoms with Gasteiger partial charge >= 0.3 is 0 Å². The Bertz CT molecular complexity index is 546. The third-order valence-corrected chi connectivity index (χ3v) is 5.39. The maximum Gasteiger partial charge on any atom is 0.125 e. The fourth-order valence-electron chi connectivity index (χ4n) is 4.18. The molecule has 0 amide bonds. The van der Waals surface area contributed by atoms with Gasteiger partial charge in [0.2, 0.25) is 0 Å². The van der Waals surface area contributed by atoms with Crippen LogP contribution in [-0.2, 0) is 14.2 Å². The first-order valence-electron chi connectivity index (χ1n) is 9.69. The van der Waals surface area contributed by atoms with Crippen molar-refractivity contribution in [2.75, 3.05) is 58.1 Å². The number of nitrogens with zero attached hydrogens (tertiary/aromatic N) is 1. The summed E-state index contributed by atoms with van der Waals surface area (Å²) in [6, 6.07) is 7.91. The van der Waals surface area contributed by atoms with Crippen molar-refractivity contribution in [3.63, 3.8) is 0 Å². The van der Waals surface area contributed by atoms with E-state index in [4.69, 9.17) is 14.2 Å². The van der Waals surface area contributed by atoms with Crippen molar-refractivity contribution >= 4 is 5.69 Å². The minimum atomic E-state index is -0.163. The number of hydrogen-bond acceptors (Lipinski definition) is 5. The first-order chi connectivity index (χ1) is 12.8. The maximum absolute atomic E-state index is 13.7. The third-order valence-electron chi connectivity index (χ3n) is 5.39. The number of anilines is 1. The molecule has 1 aromatic rings. The Morgan fingerprint density at radius 1 is 1.15 bits per heavy atom. The molecule has 0 saturated carbocycles. The van der Waals surface area contributed by atoms with Crippen LogP contribution in [0.4, 0.5) is 10.1 Å². The molecule has 2 aliphatic heterocycles. The van der Waals surface area contributed by atoms with Gasteiger partial charge in [0.05, 0.1) is 26.4 Å². The SMILES string of the molecule is COCCOCCOCCC1CN[C@@H]2CCCN(c3cccc(F)c3)[C@H]12. The van der Waals surface area contributed by atoms with E-state index >= 15 is 0 Å². The van der Waals surface area contributed by atoms with Crippen molar-refractivity contribution in [3.05, 3.63) is 30.1 Å². The van der Waals surface area contributed by atoms with Gasteiger partial charge in [-0.05, 0) is 43.4 Å². The first-order valence-corrected chi connectivity index (χ1v) is 9.69. The number of nitrogens with one attached hydrogen (secondary N) is 1. The van der Waals surface area contributed by atoms with Crippen molar-refractivity contribution in [2.45, 2.75) is 31.3 Å². The van der Waals surface area contributed by atoms with E-state index < -0.39 is 0 Å². The van der Waals surface area contributed by atoms with Crippen molar-refractivity contribution < 1.29 is 18.6 Å². The summed E-state index contributed by atoms with van der Waals surface area (Å²) >= 11 is 0. The Morgan fingerprint density at radius 2 is 1.96 bits per heavy atom. The van der Waals surface area contributed by atoms with E-state index in [-0.39, 0.29) is 5.82 Å². The molecule has 2 saturated heterocycles. The van der Waals surface area contributed by atoms with Crippen LogP contribution in [0.15, 0.2) is 24.3 Å². The largest absolute Gasteiger partial charge is 0.382 e. The molecule has 3 rings (SSSR count). The average molecular weight is 366 g/mol. The van der Waals surface area contributed by atoms with Gasteiger partial charge < -0.3 is 24.4 Å². The number of rotatable bonds is 10. The summed E-state index contributed by atoms with van der Waals surface area (Å²) in [6.07, 6.45) is 3.35. The lowest BCUT2D eigenvalue weighted by molar-refractivity contribution is 0.0217. The molecule has 1 unspecified atom stereocenters. The summed E-state index contributed by atoms with van der Waals surface area (Å²) in [5.41, 5.74) is 1.00. The zero-order valence-electron chi connectivity index (χ0n) is 15.7. The second-order valence-electron chi connectivity index (χ2n) is 7.09. The van der Waals surface area contributed by atoms with Crippen molar-refractivity contribution in [1.29, 1.82) is 0 Å². The van der Waals surface area contributed by atoms with E-state index in [1.165, 1.54) is 12.5 Å². The number of piperidine rings is 1. The molecule has 6 heteroatoms. The minimum Gasteiger partial charge on any atom is -0.382 e. The first kappa shape index (κ1) is 19.5. The Balaban J connectivity index is 1.47. The van der Waals surface area contributed by atoms with Gasteiger partial charge in [0.25, 0.3) is 0 Å². The van der Waals surface area contributed by atoms with Gasteiger partial charge in [-0.15, -0.1) is 0 Å². The third kappa shape index (κ3) is 5.16. The van der Waals surface area contributed by atoms with Crippen molar-refractivity contribution in [1.82, 2.24) is 5.32 Å². The molecule has 0 radical (unpaired) electrons. The number of hydrogen-bond donors (Lipinski definition) is 1. The molecule has 3 atom stereocenters. The maximum atomic E-state index is 13.7. The number of halogens is 1. The van der Waals surface area contributed by atoms with Gasteiger partial charge in [-0.2, -0.15) is 0 Å². The fraction of sp³-hybridized carbons (Fsp3) is 0.700. The van der Waals surface area contributed by atoms with Crippen LogP contribution in [0.2, 0.25) is 0 Å². The predicted molar refractivity (Wildman–Crippen MR) is 100 cm³/mol. The number of methoxy groups -OCH3 is 1. The monoisotopic (exact) mass is 366 g/mol. The van der Waals surface area contributed by atoms with Gasteiger partial charge in [-0.25, -0.2) is 4.39 Å². The molecule has 2 heterocycles. The molecule has 1 aromatic carbocycles. The highest BCUT2D eigenvalue weighted by atomic mass is 19.1. The summed E-state index contributed by atoms with van der Waals surface area (Å²) in [5.74, 6) is 0.363. The van der Waals surface area contributed by atoms with Gasteiger partial charge in [0, 0.05) is 44.6 Å². The lowest BCUT2D eigenvalue weighted by Crippen LogP contribution is -2.51. The predicted octanol–water partition coefficient (Wildman–Crippen LogP) is 2.45. The smallest absolute Gasteiger partial charge is 0.125 e. The van der Waals surface area contributed by atoms with Gasteiger partial charge in [-0.1, -0.05) is 6.07 Å². The lowest BCUT2D eigenvalue weighted by atomic mass is 9.88. The van der Waals surface area contributed by atoms with Crippen LogP contribution in [0.25, 0.3) is 0 Å². The molecule has 1 N–H and O–H groups in total. The topological polar surface area (TPSA) is 43.0 Å². The van der Waals surface area contributed by atoms with E-state index in [9.17, 15) is 4.39 Å². The summed E-state index contributed by atoms with van der Waals surface area (Å²) in [7, 11) is 1.67. The highest BCUT2D eigenvalue weighted by Gasteiger charge is 2.41. The molecule has 2 fully saturated rings. The highest BCUT2D eigenvalue weighted by molar-refractivity contribution is 5.49. The minimum absolute atomic E-state index is 0.163. The van der Waals surface area contributed by atoms with E-state index in [2.05, 4.69) is 10.2 Å². The summed E-state index contributed by atoms with van der Waals surface area (Å²) < 4.78 is 29.8. The number of ether oxygens (including phenoxy) is 3. The molecule has 146 valence electrons. The summed E-state index contributed by atoms with van der Waals surface area (Å²) in [4.78, 5) is 2.40. The van der Waals surface area contributed by atoms with E-state index in [0.29, 0.717) is 44.4 Å². The van der Waals surface area contributed by atoms with Crippen LogP contribution in [0.1, 0.15) is 19.3 Å². The fourth-order valence-corrected chi connectivity index (χ4v) is 4.18. The zero-order valence-corrected chi connectivity index (χ0v) is 15.7. The molecule has 5 nitrogen and oxygen atoms in total. The van der Waals surface area contributed by atoms with Crippen LogP contribution < -0.4 is 10.2 Å². The van der Waals surface area contributed by atoms with Crippen LogP contribution >= 0.6 is 0 Å². The standard InChI is InChI=1S/C20H31FN2O3/c1-24-10-11-26-13-12-25-9-7-16-15-22-19-6-3-8-23(20(16)19)18-5-2-4-17(21)14-18/h2,4-5,14,16,19-20,22H,3,6-13,15H2,1H3/t16?,19-,20-/m1/s1. The molecule has 2 aliphatic rings. The molecular formula is C20H31FN2O3. The average Bonchev–Trinajstić information content (AvgIpc) is 3.07. The van der Waals surface area contributed by atoms with E-state index in [1.807, 2.05) is 6.07 Å². The van der Waals surface area contributed by atoms with E-state index in [1.54, 1.807) is 19.2 Å². The summed E-state index contributed by atoms with van der Waals surface area (Å²) in [6.45, 7) is 5.19. The Hall–Kier alpha value is -1.21. The molecule has 0 aliphatic carbocycles. The summed E-state index contributed by atoms with van der Waals surface area (Å²) in [5, 5.41) is 3.67. The van der Waals surface area contributed by atoms with Crippen LogP contribution in [0, 0.1) is 11.7 Å². The Labute approximate surface area is 155 Å². The zero-order chi connectivity index (χ0) is 18.2. The molecule has 0 aromatic heterocycles. The lowest BCUT2D eigenvalue weighted by Gasteiger charge is -2.41.